The van der Waals surface area contributed by atoms with Crippen molar-refractivity contribution in [2.24, 2.45) is 0 Å². The predicted molar refractivity (Wildman–Crippen MR) is 82.2 cm³/mol. The summed E-state index contributed by atoms with van der Waals surface area (Å²) in [6.07, 6.45) is 3.47. The SMILES string of the molecule is CC(C(=O)NCc1ccco1)n1ccc2cccc(Cl)c21. The maximum Gasteiger partial charge on any atom is 0.243 e. The molecule has 1 amide bonds. The lowest BCUT2D eigenvalue weighted by atomic mass is 10.2. The topological polar surface area (TPSA) is 47.2 Å². The standard InChI is InChI=1S/C16H15ClN2O2/c1-11(16(20)18-10-13-5-3-9-21-13)19-8-7-12-4-2-6-14(17)15(12)19/h2-9,11H,10H2,1H3,(H,18,20). The first-order chi connectivity index (χ1) is 10.2. The van der Waals surface area contributed by atoms with Crippen LogP contribution >= 0.6 is 11.6 Å². The molecule has 3 aromatic rings. The first kappa shape index (κ1) is 13.8. The maximum atomic E-state index is 12.3. The molecule has 1 aromatic carbocycles. The summed E-state index contributed by atoms with van der Waals surface area (Å²) >= 11 is 6.24. The van der Waals surface area contributed by atoms with E-state index in [1.165, 1.54) is 0 Å². The van der Waals surface area contributed by atoms with E-state index in [2.05, 4.69) is 5.32 Å². The lowest BCUT2D eigenvalue weighted by Gasteiger charge is -2.15. The van der Waals surface area contributed by atoms with Crippen molar-refractivity contribution < 1.29 is 9.21 Å². The van der Waals surface area contributed by atoms with E-state index in [4.69, 9.17) is 16.0 Å². The van der Waals surface area contributed by atoms with E-state index in [9.17, 15) is 4.79 Å². The summed E-state index contributed by atoms with van der Waals surface area (Å²) in [6, 6.07) is 10.9. The maximum absolute atomic E-state index is 12.3. The molecule has 3 rings (SSSR count). The molecule has 108 valence electrons. The third kappa shape index (κ3) is 2.67. The monoisotopic (exact) mass is 302 g/mol. The van der Waals surface area contributed by atoms with Crippen molar-refractivity contribution in [2.45, 2.75) is 19.5 Å². The number of carbonyl (C=O) groups excluding carboxylic acids is 1. The van der Waals surface area contributed by atoms with E-state index in [1.54, 1.807) is 12.3 Å². The molecule has 1 unspecified atom stereocenters. The van der Waals surface area contributed by atoms with Crippen LogP contribution in [0.5, 0.6) is 0 Å². The zero-order chi connectivity index (χ0) is 14.8. The molecule has 0 aliphatic carbocycles. The van der Waals surface area contributed by atoms with Crippen molar-refractivity contribution in [3.05, 3.63) is 59.6 Å². The summed E-state index contributed by atoms with van der Waals surface area (Å²) in [7, 11) is 0. The number of carbonyl (C=O) groups is 1. The molecule has 2 heterocycles. The van der Waals surface area contributed by atoms with E-state index in [1.807, 2.05) is 48.0 Å². The van der Waals surface area contributed by atoms with E-state index < -0.39 is 0 Å². The van der Waals surface area contributed by atoms with Crippen LogP contribution in [0.25, 0.3) is 10.9 Å². The normalized spacial score (nSPS) is 12.5. The largest absolute Gasteiger partial charge is 0.467 e. The number of aromatic nitrogens is 1. The number of nitrogens with one attached hydrogen (secondary N) is 1. The first-order valence-corrected chi connectivity index (χ1v) is 7.10. The quantitative estimate of drug-likeness (QED) is 0.797. The number of fused-ring (bicyclic) bond motifs is 1. The van der Waals surface area contributed by atoms with Gasteiger partial charge in [-0.2, -0.15) is 0 Å². The molecular weight excluding hydrogens is 288 g/mol. The molecule has 0 spiro atoms. The number of benzene rings is 1. The zero-order valence-electron chi connectivity index (χ0n) is 11.5. The number of amides is 1. The smallest absolute Gasteiger partial charge is 0.243 e. The molecule has 0 bridgehead atoms. The highest BCUT2D eigenvalue weighted by atomic mass is 35.5. The van der Waals surface area contributed by atoms with Gasteiger partial charge >= 0.3 is 0 Å². The van der Waals surface area contributed by atoms with Gasteiger partial charge in [-0.05, 0) is 31.2 Å². The number of hydrogen-bond donors (Lipinski definition) is 1. The second-order valence-electron chi connectivity index (χ2n) is 4.87. The van der Waals surface area contributed by atoms with Gasteiger partial charge in [0.15, 0.2) is 0 Å². The second-order valence-corrected chi connectivity index (χ2v) is 5.28. The Bertz CT molecular complexity index is 762. The highest BCUT2D eigenvalue weighted by Crippen LogP contribution is 2.27. The molecule has 1 atom stereocenters. The number of halogens is 1. The van der Waals surface area contributed by atoms with E-state index in [0.29, 0.717) is 11.6 Å². The molecular formula is C16H15ClN2O2. The summed E-state index contributed by atoms with van der Waals surface area (Å²) in [6.45, 7) is 2.23. The van der Waals surface area contributed by atoms with Crippen LogP contribution in [0.15, 0.2) is 53.3 Å². The molecule has 21 heavy (non-hydrogen) atoms. The third-order valence-electron chi connectivity index (χ3n) is 3.50. The van der Waals surface area contributed by atoms with Crippen LogP contribution in [0.2, 0.25) is 5.02 Å². The Hall–Kier alpha value is -2.20. The zero-order valence-corrected chi connectivity index (χ0v) is 12.3. The van der Waals surface area contributed by atoms with Gasteiger partial charge in [-0.15, -0.1) is 0 Å². The summed E-state index contributed by atoms with van der Waals surface area (Å²) in [5.41, 5.74) is 0.875. The number of rotatable bonds is 4. The van der Waals surface area contributed by atoms with E-state index >= 15 is 0 Å². The fourth-order valence-electron chi connectivity index (χ4n) is 2.36. The van der Waals surface area contributed by atoms with Crippen LogP contribution in [-0.2, 0) is 11.3 Å². The van der Waals surface area contributed by atoms with Crippen LogP contribution in [-0.4, -0.2) is 10.5 Å². The molecule has 2 aromatic heterocycles. The number of para-hydroxylation sites is 1. The average Bonchev–Trinajstić information content (AvgIpc) is 3.13. The van der Waals surface area contributed by atoms with Crippen molar-refractivity contribution in [2.75, 3.05) is 0 Å². The fraction of sp³-hybridized carbons (Fsp3) is 0.188. The highest BCUT2D eigenvalue weighted by Gasteiger charge is 2.17. The third-order valence-corrected chi connectivity index (χ3v) is 3.81. The van der Waals surface area contributed by atoms with Crippen molar-refractivity contribution in [1.82, 2.24) is 9.88 Å². The van der Waals surface area contributed by atoms with Crippen LogP contribution in [0.4, 0.5) is 0 Å². The average molecular weight is 303 g/mol. The molecule has 0 aliphatic heterocycles. The second kappa shape index (κ2) is 5.66. The molecule has 0 radical (unpaired) electrons. The van der Waals surface area contributed by atoms with Crippen LogP contribution in [0.1, 0.15) is 18.7 Å². The minimum atomic E-state index is -0.350. The highest BCUT2D eigenvalue weighted by molar-refractivity contribution is 6.35. The first-order valence-electron chi connectivity index (χ1n) is 6.72. The lowest BCUT2D eigenvalue weighted by molar-refractivity contribution is -0.124. The Labute approximate surface area is 127 Å². The van der Waals surface area contributed by atoms with Gasteiger partial charge in [0, 0.05) is 11.6 Å². The van der Waals surface area contributed by atoms with Crippen molar-refractivity contribution >= 4 is 28.4 Å². The van der Waals surface area contributed by atoms with Crippen molar-refractivity contribution in [3.8, 4) is 0 Å². The molecule has 5 heteroatoms. The van der Waals surface area contributed by atoms with Crippen molar-refractivity contribution in [1.29, 1.82) is 0 Å². The van der Waals surface area contributed by atoms with Gasteiger partial charge in [0.2, 0.25) is 5.91 Å². The van der Waals surface area contributed by atoms with Crippen LogP contribution < -0.4 is 5.32 Å². The number of furan rings is 1. The van der Waals surface area contributed by atoms with Gasteiger partial charge < -0.3 is 14.3 Å². The van der Waals surface area contributed by atoms with E-state index in [0.717, 1.165) is 16.7 Å². The van der Waals surface area contributed by atoms with Gasteiger partial charge in [0.25, 0.3) is 0 Å². The van der Waals surface area contributed by atoms with Gasteiger partial charge in [0.05, 0.1) is 23.3 Å². The summed E-state index contributed by atoms with van der Waals surface area (Å²) in [5, 5.41) is 4.52. The molecule has 0 saturated heterocycles. The van der Waals surface area contributed by atoms with Gasteiger partial charge in [-0.1, -0.05) is 23.7 Å². The fourth-order valence-corrected chi connectivity index (χ4v) is 2.64. The van der Waals surface area contributed by atoms with Crippen LogP contribution in [0.3, 0.4) is 0 Å². The Morgan fingerprint density at radius 1 is 1.33 bits per heavy atom. The Morgan fingerprint density at radius 3 is 2.95 bits per heavy atom. The van der Waals surface area contributed by atoms with Crippen LogP contribution in [0, 0.1) is 0 Å². The Morgan fingerprint density at radius 2 is 2.19 bits per heavy atom. The molecule has 1 N–H and O–H groups in total. The summed E-state index contributed by atoms with van der Waals surface area (Å²) < 4.78 is 7.09. The van der Waals surface area contributed by atoms with E-state index in [-0.39, 0.29) is 11.9 Å². The minimum Gasteiger partial charge on any atom is -0.467 e. The molecule has 0 aliphatic rings. The Kier molecular flexibility index (Phi) is 3.71. The predicted octanol–water partition coefficient (Wildman–Crippen LogP) is 3.77. The van der Waals surface area contributed by atoms with Gasteiger partial charge in [-0.25, -0.2) is 0 Å². The van der Waals surface area contributed by atoms with Gasteiger partial charge in [0.1, 0.15) is 11.8 Å². The Balaban J connectivity index is 1.80. The number of hydrogen-bond acceptors (Lipinski definition) is 2. The minimum absolute atomic E-state index is 0.0798. The summed E-state index contributed by atoms with van der Waals surface area (Å²) in [5.74, 6) is 0.648. The molecule has 0 fully saturated rings. The molecule has 4 nitrogen and oxygen atoms in total. The lowest BCUT2D eigenvalue weighted by Crippen LogP contribution is -2.30. The van der Waals surface area contributed by atoms with Gasteiger partial charge in [-0.3, -0.25) is 4.79 Å². The summed E-state index contributed by atoms with van der Waals surface area (Å²) in [4.78, 5) is 12.3. The number of nitrogens with zero attached hydrogens (tertiary/aromatic N) is 1. The van der Waals surface area contributed by atoms with Crippen molar-refractivity contribution in [3.63, 3.8) is 0 Å². The molecule has 0 saturated carbocycles.